The summed E-state index contributed by atoms with van der Waals surface area (Å²) in [6.07, 6.45) is 10.5. The average molecular weight is 465 g/mol. The van der Waals surface area contributed by atoms with Gasteiger partial charge in [-0.3, -0.25) is 9.80 Å². The molecule has 1 saturated heterocycles. The number of H-pyrrole nitrogens is 1. The summed E-state index contributed by atoms with van der Waals surface area (Å²) in [6.45, 7) is 10.6. The highest BCUT2D eigenvalue weighted by molar-refractivity contribution is 6.33. The fourth-order valence-corrected chi connectivity index (χ4v) is 5.80. The number of piperazine rings is 1. The van der Waals surface area contributed by atoms with Crippen molar-refractivity contribution in [3.8, 4) is 11.3 Å². The molecule has 174 valence electrons. The summed E-state index contributed by atoms with van der Waals surface area (Å²) in [7, 11) is 0. The molecular weight excluding hydrogens is 432 g/mol. The zero-order valence-corrected chi connectivity index (χ0v) is 20.1. The molecule has 2 N–H and O–H groups in total. The zero-order chi connectivity index (χ0) is 22.8. The third-order valence-corrected chi connectivity index (χ3v) is 7.46. The number of benzene rings is 1. The Hall–Kier alpha value is -2.41. The SMILES string of the molecule is C=CCN1CCN(C2CCC[C@@H](Nc3ncc(Cl)c(-c4c[nH]c5ccccc45)n3)C2)[C@H](C)C1. The Kier molecular flexibility index (Phi) is 6.67. The molecular formula is C26H33ClN6. The number of hydrogen-bond acceptors (Lipinski definition) is 5. The van der Waals surface area contributed by atoms with Crippen LogP contribution in [0.5, 0.6) is 0 Å². The van der Waals surface area contributed by atoms with E-state index in [9.17, 15) is 0 Å². The van der Waals surface area contributed by atoms with E-state index in [0.29, 0.717) is 29.1 Å². The number of anilines is 1. The van der Waals surface area contributed by atoms with Gasteiger partial charge in [0.1, 0.15) is 0 Å². The Morgan fingerprint density at radius 3 is 3.00 bits per heavy atom. The fourth-order valence-electron chi connectivity index (χ4n) is 5.61. The van der Waals surface area contributed by atoms with Crippen molar-refractivity contribution in [1.82, 2.24) is 24.8 Å². The molecule has 0 radical (unpaired) electrons. The zero-order valence-electron chi connectivity index (χ0n) is 19.3. The topological polar surface area (TPSA) is 60.1 Å². The monoisotopic (exact) mass is 464 g/mol. The van der Waals surface area contributed by atoms with Gasteiger partial charge in [-0.25, -0.2) is 9.97 Å². The third-order valence-electron chi connectivity index (χ3n) is 7.19. The van der Waals surface area contributed by atoms with E-state index in [1.165, 1.54) is 12.8 Å². The standard InChI is InChI=1S/C26H33ClN6/c1-3-11-32-12-13-33(18(2)17-32)20-8-6-7-19(14-20)30-26-29-16-23(27)25(31-26)22-15-28-24-10-5-4-9-21(22)24/h3-5,9-10,15-16,18-20,28H,1,6-8,11-14,17H2,2H3,(H,29,30,31)/t18-,19-,20?/m1/s1. The van der Waals surface area contributed by atoms with Gasteiger partial charge in [0, 0.05) is 67.0 Å². The molecule has 2 aliphatic rings. The van der Waals surface area contributed by atoms with E-state index in [0.717, 1.165) is 61.2 Å². The van der Waals surface area contributed by atoms with Gasteiger partial charge in [0.15, 0.2) is 0 Å². The number of rotatable bonds is 6. The number of hydrogen-bond donors (Lipinski definition) is 2. The van der Waals surface area contributed by atoms with E-state index < -0.39 is 0 Å². The van der Waals surface area contributed by atoms with Crippen molar-refractivity contribution in [1.29, 1.82) is 0 Å². The van der Waals surface area contributed by atoms with Crippen LogP contribution in [0, 0.1) is 0 Å². The summed E-state index contributed by atoms with van der Waals surface area (Å²) in [5, 5.41) is 5.31. The van der Waals surface area contributed by atoms with Crippen molar-refractivity contribution in [3.05, 3.63) is 54.3 Å². The molecule has 3 heterocycles. The molecule has 1 aromatic carbocycles. The minimum absolute atomic E-state index is 0.374. The van der Waals surface area contributed by atoms with Crippen molar-refractivity contribution in [3.63, 3.8) is 0 Å². The molecule has 1 aliphatic heterocycles. The van der Waals surface area contributed by atoms with Gasteiger partial charge < -0.3 is 10.3 Å². The smallest absolute Gasteiger partial charge is 0.223 e. The summed E-state index contributed by atoms with van der Waals surface area (Å²) in [5.74, 6) is 0.661. The first kappa shape index (κ1) is 22.4. The third kappa shape index (κ3) is 4.79. The van der Waals surface area contributed by atoms with Crippen molar-refractivity contribution in [2.24, 2.45) is 0 Å². The Labute approximate surface area is 201 Å². The summed E-state index contributed by atoms with van der Waals surface area (Å²) < 4.78 is 0. The number of aromatic amines is 1. The lowest BCUT2D eigenvalue weighted by molar-refractivity contribution is 0.0381. The highest BCUT2D eigenvalue weighted by Gasteiger charge is 2.32. The van der Waals surface area contributed by atoms with Gasteiger partial charge in [0.25, 0.3) is 0 Å². The Morgan fingerprint density at radius 1 is 1.27 bits per heavy atom. The molecule has 0 amide bonds. The molecule has 7 heteroatoms. The molecule has 5 rings (SSSR count). The maximum atomic E-state index is 6.52. The maximum Gasteiger partial charge on any atom is 0.223 e. The molecule has 1 unspecified atom stereocenters. The molecule has 1 saturated carbocycles. The molecule has 33 heavy (non-hydrogen) atoms. The molecule has 2 fully saturated rings. The molecule has 2 aromatic heterocycles. The molecule has 0 bridgehead atoms. The first-order valence-corrected chi connectivity index (χ1v) is 12.4. The van der Waals surface area contributed by atoms with E-state index in [1.54, 1.807) is 6.20 Å². The first-order chi connectivity index (χ1) is 16.1. The van der Waals surface area contributed by atoms with E-state index in [-0.39, 0.29) is 0 Å². The second-order valence-corrected chi connectivity index (χ2v) is 9.84. The Bertz CT molecular complexity index is 1110. The summed E-state index contributed by atoms with van der Waals surface area (Å²) in [5.41, 5.74) is 2.86. The number of halogens is 1. The van der Waals surface area contributed by atoms with Crippen LogP contribution in [-0.4, -0.2) is 69.1 Å². The minimum atomic E-state index is 0.374. The second kappa shape index (κ2) is 9.84. The highest BCUT2D eigenvalue weighted by Crippen LogP contribution is 2.33. The van der Waals surface area contributed by atoms with E-state index >= 15 is 0 Å². The molecule has 1 aliphatic carbocycles. The highest BCUT2D eigenvalue weighted by atomic mass is 35.5. The number of fused-ring (bicyclic) bond motifs is 1. The first-order valence-electron chi connectivity index (χ1n) is 12.1. The molecule has 0 spiro atoms. The normalized spacial score (nSPS) is 24.7. The van der Waals surface area contributed by atoms with E-state index in [1.807, 2.05) is 24.4 Å². The number of nitrogens with one attached hydrogen (secondary N) is 2. The maximum absolute atomic E-state index is 6.52. The largest absolute Gasteiger partial charge is 0.360 e. The van der Waals surface area contributed by atoms with Crippen molar-refractivity contribution >= 4 is 28.5 Å². The predicted octanol–water partition coefficient (Wildman–Crippen LogP) is 5.19. The van der Waals surface area contributed by atoms with Crippen molar-refractivity contribution in [2.45, 2.75) is 50.7 Å². The van der Waals surface area contributed by atoms with Crippen LogP contribution in [0.1, 0.15) is 32.6 Å². The lowest BCUT2D eigenvalue weighted by Gasteiger charge is -2.46. The fraction of sp³-hybridized carbons (Fsp3) is 0.462. The predicted molar refractivity (Wildman–Crippen MR) is 137 cm³/mol. The van der Waals surface area contributed by atoms with E-state index in [4.69, 9.17) is 16.6 Å². The second-order valence-electron chi connectivity index (χ2n) is 9.43. The van der Waals surface area contributed by atoms with Crippen LogP contribution >= 0.6 is 11.6 Å². The molecule has 6 nitrogen and oxygen atoms in total. The number of para-hydroxylation sites is 1. The summed E-state index contributed by atoms with van der Waals surface area (Å²) in [4.78, 5) is 17.9. The summed E-state index contributed by atoms with van der Waals surface area (Å²) >= 11 is 6.52. The van der Waals surface area contributed by atoms with E-state index in [2.05, 4.69) is 50.7 Å². The van der Waals surface area contributed by atoms with Gasteiger partial charge in [-0.2, -0.15) is 0 Å². The van der Waals surface area contributed by atoms with Crippen LogP contribution in [0.25, 0.3) is 22.2 Å². The number of nitrogens with zero attached hydrogens (tertiary/aromatic N) is 4. The van der Waals surface area contributed by atoms with Gasteiger partial charge >= 0.3 is 0 Å². The van der Waals surface area contributed by atoms with Crippen LogP contribution in [0.3, 0.4) is 0 Å². The summed E-state index contributed by atoms with van der Waals surface area (Å²) in [6, 6.07) is 9.77. The minimum Gasteiger partial charge on any atom is -0.360 e. The average Bonchev–Trinajstić information content (AvgIpc) is 3.25. The van der Waals surface area contributed by atoms with Gasteiger partial charge in [-0.05, 0) is 38.7 Å². The van der Waals surface area contributed by atoms with Gasteiger partial charge in [-0.1, -0.05) is 35.9 Å². The van der Waals surface area contributed by atoms with Gasteiger partial charge in [0.05, 0.1) is 16.9 Å². The molecule has 3 aromatic rings. The molecule has 3 atom stereocenters. The lowest BCUT2D eigenvalue weighted by atomic mass is 9.88. The number of aromatic nitrogens is 3. The van der Waals surface area contributed by atoms with Crippen LogP contribution in [-0.2, 0) is 0 Å². The van der Waals surface area contributed by atoms with Crippen LogP contribution in [0.2, 0.25) is 5.02 Å². The van der Waals surface area contributed by atoms with Gasteiger partial charge in [0.2, 0.25) is 5.95 Å². The quantitative estimate of drug-likeness (QED) is 0.491. The van der Waals surface area contributed by atoms with Crippen LogP contribution in [0.4, 0.5) is 5.95 Å². The van der Waals surface area contributed by atoms with Crippen molar-refractivity contribution < 1.29 is 0 Å². The lowest BCUT2D eigenvalue weighted by Crippen LogP contribution is -2.56. The van der Waals surface area contributed by atoms with Crippen molar-refractivity contribution in [2.75, 3.05) is 31.5 Å². The van der Waals surface area contributed by atoms with Gasteiger partial charge in [-0.15, -0.1) is 6.58 Å². The van der Waals surface area contributed by atoms with Crippen LogP contribution < -0.4 is 5.32 Å². The van der Waals surface area contributed by atoms with Crippen LogP contribution in [0.15, 0.2) is 49.3 Å². The Morgan fingerprint density at radius 2 is 2.15 bits per heavy atom. The Balaban J connectivity index is 1.29.